The number of aromatic nitrogens is 4. The maximum Gasteiger partial charge on any atom is 0.345 e. The molecule has 7 nitrogen and oxygen atoms in total. The summed E-state index contributed by atoms with van der Waals surface area (Å²) in [7, 11) is 0. The van der Waals surface area contributed by atoms with Gasteiger partial charge in [0.1, 0.15) is 11.5 Å². The lowest BCUT2D eigenvalue weighted by Crippen LogP contribution is -2.31. The highest BCUT2D eigenvalue weighted by Gasteiger charge is 2.30. The molecule has 1 fully saturated rings. The van der Waals surface area contributed by atoms with Gasteiger partial charge in [0.15, 0.2) is 0 Å². The van der Waals surface area contributed by atoms with Gasteiger partial charge in [0.05, 0.1) is 0 Å². The lowest BCUT2D eigenvalue weighted by Gasteiger charge is -2.16. The van der Waals surface area contributed by atoms with Crippen LogP contribution in [0.3, 0.4) is 0 Å². The fourth-order valence-corrected chi connectivity index (χ4v) is 2.94. The van der Waals surface area contributed by atoms with Crippen molar-refractivity contribution in [2.24, 2.45) is 0 Å². The van der Waals surface area contributed by atoms with Gasteiger partial charge in [-0.2, -0.15) is 4.98 Å². The Morgan fingerprint density at radius 3 is 2.52 bits per heavy atom. The number of nitrogens with one attached hydrogen (secondary N) is 1. The third kappa shape index (κ3) is 3.28. The first-order chi connectivity index (χ1) is 10.9. The molecule has 0 saturated carbocycles. The van der Waals surface area contributed by atoms with E-state index < -0.39 is 5.69 Å². The number of aromatic amines is 1. The van der Waals surface area contributed by atoms with Crippen LogP contribution in [0.1, 0.15) is 45.7 Å². The number of hydrogen-bond acceptors (Lipinski definition) is 5. The van der Waals surface area contributed by atoms with E-state index in [0.717, 1.165) is 23.6 Å². The van der Waals surface area contributed by atoms with Gasteiger partial charge in [-0.15, -0.1) is 0 Å². The van der Waals surface area contributed by atoms with E-state index in [-0.39, 0.29) is 17.5 Å². The molecule has 1 aliphatic rings. The average Bonchev–Trinajstić information content (AvgIpc) is 2.94. The van der Waals surface area contributed by atoms with E-state index in [0.29, 0.717) is 18.8 Å². The van der Waals surface area contributed by atoms with Crippen molar-refractivity contribution in [1.82, 2.24) is 24.8 Å². The molecule has 1 amide bonds. The van der Waals surface area contributed by atoms with Gasteiger partial charge >= 0.3 is 5.69 Å². The summed E-state index contributed by atoms with van der Waals surface area (Å²) in [5.74, 6) is 0.694. The Morgan fingerprint density at radius 1 is 1.17 bits per heavy atom. The topological polar surface area (TPSA) is 91.8 Å². The fourth-order valence-electron chi connectivity index (χ4n) is 2.94. The predicted molar refractivity (Wildman–Crippen MR) is 84.4 cm³/mol. The lowest BCUT2D eigenvalue weighted by atomic mass is 10.1. The van der Waals surface area contributed by atoms with Crippen LogP contribution >= 0.6 is 0 Å². The van der Waals surface area contributed by atoms with Crippen LogP contribution in [0.25, 0.3) is 0 Å². The Labute approximate surface area is 133 Å². The standard InChI is InChI=1S/C16H19N5O2/c1-9-6-10(2)18-14(17-9)12-4-5-21(8-12)15(22)13-7-11(3)19-16(23)20-13/h6-7,12H,4-5,8H2,1-3H3,(H,19,20,23). The molecule has 1 atom stereocenters. The summed E-state index contributed by atoms with van der Waals surface area (Å²) in [6.45, 7) is 6.79. The van der Waals surface area contributed by atoms with Crippen LogP contribution in [0.4, 0.5) is 0 Å². The van der Waals surface area contributed by atoms with Crippen molar-refractivity contribution in [3.8, 4) is 0 Å². The van der Waals surface area contributed by atoms with Crippen molar-refractivity contribution in [1.29, 1.82) is 0 Å². The summed E-state index contributed by atoms with van der Waals surface area (Å²) in [4.78, 5) is 41.0. The van der Waals surface area contributed by atoms with E-state index in [1.54, 1.807) is 17.9 Å². The SMILES string of the molecule is Cc1cc(C)nc(C2CCN(C(=O)c3cc(C)[nH]c(=O)n3)C2)n1. The monoisotopic (exact) mass is 313 g/mol. The molecule has 7 heteroatoms. The minimum absolute atomic E-state index is 0.126. The van der Waals surface area contributed by atoms with Crippen LogP contribution < -0.4 is 5.69 Å². The third-order valence-corrected chi connectivity index (χ3v) is 3.94. The van der Waals surface area contributed by atoms with Crippen LogP contribution in [0.2, 0.25) is 0 Å². The zero-order valence-electron chi connectivity index (χ0n) is 13.5. The second-order valence-electron chi connectivity index (χ2n) is 6.00. The van der Waals surface area contributed by atoms with Crippen molar-refractivity contribution in [2.75, 3.05) is 13.1 Å². The molecule has 0 aromatic carbocycles. The van der Waals surface area contributed by atoms with Crippen LogP contribution in [-0.4, -0.2) is 43.8 Å². The molecule has 2 aromatic heterocycles. The molecule has 3 rings (SSSR count). The summed E-state index contributed by atoms with van der Waals surface area (Å²) in [5, 5.41) is 0. The van der Waals surface area contributed by atoms with Crippen molar-refractivity contribution in [3.63, 3.8) is 0 Å². The van der Waals surface area contributed by atoms with Gasteiger partial charge in [0, 0.05) is 36.1 Å². The molecule has 1 unspecified atom stereocenters. The maximum absolute atomic E-state index is 12.5. The second-order valence-corrected chi connectivity index (χ2v) is 6.00. The fraction of sp³-hybridized carbons (Fsp3) is 0.438. The first-order valence-electron chi connectivity index (χ1n) is 7.62. The predicted octanol–water partition coefficient (Wildman–Crippen LogP) is 1.11. The molecular weight excluding hydrogens is 294 g/mol. The Morgan fingerprint density at radius 2 is 1.87 bits per heavy atom. The van der Waals surface area contributed by atoms with Crippen molar-refractivity contribution < 1.29 is 4.79 Å². The van der Waals surface area contributed by atoms with Crippen LogP contribution in [0.5, 0.6) is 0 Å². The van der Waals surface area contributed by atoms with E-state index in [4.69, 9.17) is 0 Å². The van der Waals surface area contributed by atoms with Crippen LogP contribution in [-0.2, 0) is 0 Å². The van der Waals surface area contributed by atoms with E-state index in [1.807, 2.05) is 19.9 Å². The number of likely N-dealkylation sites (tertiary alicyclic amines) is 1. The Kier molecular flexibility index (Phi) is 3.94. The first-order valence-corrected chi connectivity index (χ1v) is 7.62. The summed E-state index contributed by atoms with van der Waals surface area (Å²) >= 11 is 0. The Balaban J connectivity index is 1.79. The number of hydrogen-bond donors (Lipinski definition) is 1. The molecule has 1 aliphatic heterocycles. The lowest BCUT2D eigenvalue weighted by molar-refractivity contribution is 0.0784. The van der Waals surface area contributed by atoms with Gasteiger partial charge in [0.2, 0.25) is 0 Å². The van der Waals surface area contributed by atoms with Crippen molar-refractivity contribution in [2.45, 2.75) is 33.1 Å². The smallest absolute Gasteiger partial charge is 0.337 e. The molecule has 0 aliphatic carbocycles. The number of carbonyl (C=O) groups is 1. The Bertz CT molecular complexity index is 794. The average molecular weight is 313 g/mol. The maximum atomic E-state index is 12.5. The van der Waals surface area contributed by atoms with Gasteiger partial charge in [0.25, 0.3) is 5.91 Å². The highest BCUT2D eigenvalue weighted by atomic mass is 16.2. The van der Waals surface area contributed by atoms with Gasteiger partial charge < -0.3 is 9.88 Å². The zero-order chi connectivity index (χ0) is 16.6. The first kappa shape index (κ1) is 15.3. The van der Waals surface area contributed by atoms with Gasteiger partial charge in [-0.1, -0.05) is 0 Å². The normalized spacial score (nSPS) is 17.5. The summed E-state index contributed by atoms with van der Waals surface area (Å²) in [5.41, 5.74) is 2.19. The van der Waals surface area contributed by atoms with Gasteiger partial charge in [-0.25, -0.2) is 14.8 Å². The van der Waals surface area contributed by atoms with Crippen molar-refractivity contribution in [3.05, 3.63) is 51.2 Å². The minimum Gasteiger partial charge on any atom is -0.337 e. The molecule has 0 bridgehead atoms. The summed E-state index contributed by atoms with van der Waals surface area (Å²) < 4.78 is 0. The minimum atomic E-state index is -0.498. The van der Waals surface area contributed by atoms with E-state index >= 15 is 0 Å². The second kappa shape index (κ2) is 5.91. The van der Waals surface area contributed by atoms with Gasteiger partial charge in [-0.05, 0) is 39.3 Å². The molecular formula is C16H19N5O2. The number of rotatable bonds is 2. The number of amides is 1. The number of H-pyrrole nitrogens is 1. The number of nitrogens with zero attached hydrogens (tertiary/aromatic N) is 4. The summed E-state index contributed by atoms with van der Waals surface area (Å²) in [6.07, 6.45) is 0.816. The van der Waals surface area contributed by atoms with Crippen molar-refractivity contribution >= 4 is 5.91 Å². The molecule has 120 valence electrons. The molecule has 1 N–H and O–H groups in total. The highest BCUT2D eigenvalue weighted by molar-refractivity contribution is 5.92. The zero-order valence-corrected chi connectivity index (χ0v) is 13.5. The van der Waals surface area contributed by atoms with Crippen LogP contribution in [0.15, 0.2) is 16.9 Å². The van der Waals surface area contributed by atoms with Gasteiger partial charge in [-0.3, -0.25) is 4.79 Å². The molecule has 0 spiro atoms. The molecule has 1 saturated heterocycles. The molecule has 23 heavy (non-hydrogen) atoms. The molecule has 0 radical (unpaired) electrons. The Hall–Kier alpha value is -2.57. The van der Waals surface area contributed by atoms with Crippen LogP contribution in [0, 0.1) is 20.8 Å². The number of aryl methyl sites for hydroxylation is 3. The molecule has 3 heterocycles. The third-order valence-electron chi connectivity index (χ3n) is 3.94. The quantitative estimate of drug-likeness (QED) is 0.897. The van der Waals surface area contributed by atoms with E-state index in [9.17, 15) is 9.59 Å². The molecule has 2 aromatic rings. The number of carbonyl (C=O) groups excluding carboxylic acids is 1. The largest absolute Gasteiger partial charge is 0.345 e. The summed E-state index contributed by atoms with van der Waals surface area (Å²) in [6, 6.07) is 3.54. The van der Waals surface area contributed by atoms with E-state index in [1.165, 1.54) is 0 Å². The van der Waals surface area contributed by atoms with E-state index in [2.05, 4.69) is 19.9 Å². The highest BCUT2D eigenvalue weighted by Crippen LogP contribution is 2.26.